The maximum absolute atomic E-state index is 13.0. The maximum Gasteiger partial charge on any atom is 0.255 e. The largest absolute Gasteiger partial charge is 0.467 e. The first-order chi connectivity index (χ1) is 13.1. The molecule has 1 aromatic heterocycles. The minimum atomic E-state index is -4.07. The molecule has 0 atom stereocenters. The van der Waals surface area contributed by atoms with Gasteiger partial charge in [-0.05, 0) is 51.3 Å². The smallest absolute Gasteiger partial charge is 0.255 e. The number of carbonyl (C=O) groups is 1. The second-order valence-corrected chi connectivity index (χ2v) is 8.63. The van der Waals surface area contributed by atoms with Gasteiger partial charge in [0.05, 0.1) is 23.4 Å². The first-order valence-corrected chi connectivity index (χ1v) is 10.5. The number of benzene rings is 1. The fraction of sp³-hybridized carbons (Fsp3) is 0.389. The third-order valence-electron chi connectivity index (χ3n) is 4.09. The normalized spacial score (nSPS) is 11.6. The fourth-order valence-electron chi connectivity index (χ4n) is 2.62. The summed E-state index contributed by atoms with van der Waals surface area (Å²) in [6.45, 7) is 1.65. The topological polar surface area (TPSA) is 109 Å². The number of carbonyl (C=O) groups excluding carboxylic acids is 1. The second kappa shape index (κ2) is 9.42. The van der Waals surface area contributed by atoms with Crippen molar-refractivity contribution in [3.63, 3.8) is 0 Å². The Bertz CT molecular complexity index is 914. The molecule has 1 aromatic carbocycles. The van der Waals surface area contributed by atoms with E-state index in [-0.39, 0.29) is 21.4 Å². The number of halogens is 1. The Balaban J connectivity index is 2.32. The number of nitrogens with zero attached hydrogens (tertiary/aromatic N) is 2. The first-order valence-electron chi connectivity index (χ1n) is 8.62. The first kappa shape index (κ1) is 22.2. The number of anilines is 1. The van der Waals surface area contributed by atoms with Gasteiger partial charge in [0.1, 0.15) is 10.7 Å². The van der Waals surface area contributed by atoms with Crippen molar-refractivity contribution in [3.05, 3.63) is 46.9 Å². The molecule has 8 nitrogen and oxygen atoms in total. The molecule has 10 heteroatoms. The molecule has 1 heterocycles. The van der Waals surface area contributed by atoms with Crippen molar-refractivity contribution in [1.29, 1.82) is 0 Å². The lowest BCUT2D eigenvalue weighted by Crippen LogP contribution is -2.30. The van der Waals surface area contributed by atoms with Gasteiger partial charge in [0, 0.05) is 19.3 Å². The number of hydrogen-bond acceptors (Lipinski definition) is 6. The molecular weight excluding hydrogens is 404 g/mol. The number of sulfonamides is 1. The van der Waals surface area contributed by atoms with Crippen molar-refractivity contribution >= 4 is 33.2 Å². The SMILES string of the molecule is CN(C)CCCN(C)C(=O)c1cc(S(N)(=O)=O)c(Cl)cc1NCc1ccco1. The average Bonchev–Trinajstić information content (AvgIpc) is 3.11. The van der Waals surface area contributed by atoms with Gasteiger partial charge in [-0.15, -0.1) is 0 Å². The van der Waals surface area contributed by atoms with Crippen molar-refractivity contribution in [2.75, 3.05) is 39.5 Å². The molecule has 0 radical (unpaired) electrons. The zero-order valence-corrected chi connectivity index (χ0v) is 17.7. The van der Waals surface area contributed by atoms with Crippen molar-refractivity contribution in [3.8, 4) is 0 Å². The van der Waals surface area contributed by atoms with Crippen LogP contribution in [0, 0.1) is 0 Å². The standard InChI is InChI=1S/C18H25ClN4O4S/c1-22(2)7-5-8-23(3)18(24)14-10-17(28(20,25)26)15(19)11-16(14)21-12-13-6-4-9-27-13/h4,6,9-11,21H,5,7-8,12H2,1-3H3,(H2,20,25,26). The molecule has 2 rings (SSSR count). The van der Waals surface area contributed by atoms with Crippen LogP contribution in [0.25, 0.3) is 0 Å². The lowest BCUT2D eigenvalue weighted by molar-refractivity contribution is 0.0791. The van der Waals surface area contributed by atoms with Crippen LogP contribution in [0.5, 0.6) is 0 Å². The van der Waals surface area contributed by atoms with Gasteiger partial charge in [-0.3, -0.25) is 4.79 Å². The summed E-state index contributed by atoms with van der Waals surface area (Å²) >= 11 is 6.10. The molecule has 0 unspecified atom stereocenters. The third-order valence-corrected chi connectivity index (χ3v) is 5.46. The molecule has 0 saturated heterocycles. The van der Waals surface area contributed by atoms with Crippen LogP contribution in [0.15, 0.2) is 39.8 Å². The van der Waals surface area contributed by atoms with E-state index < -0.39 is 10.0 Å². The van der Waals surface area contributed by atoms with Crippen molar-refractivity contribution in [2.24, 2.45) is 5.14 Å². The summed E-state index contributed by atoms with van der Waals surface area (Å²) in [6, 6.07) is 6.14. The predicted octanol–water partition coefficient (Wildman–Crippen LogP) is 2.22. The predicted molar refractivity (Wildman–Crippen MR) is 109 cm³/mol. The fourth-order valence-corrected chi connectivity index (χ4v) is 3.72. The Hall–Kier alpha value is -2.07. The Labute approximate surface area is 170 Å². The van der Waals surface area contributed by atoms with Gasteiger partial charge in [-0.2, -0.15) is 0 Å². The molecule has 0 fully saturated rings. The summed E-state index contributed by atoms with van der Waals surface area (Å²) < 4.78 is 28.9. The third kappa shape index (κ3) is 5.96. The minimum Gasteiger partial charge on any atom is -0.467 e. The molecule has 2 aromatic rings. The molecule has 1 amide bonds. The molecule has 0 saturated carbocycles. The van der Waals surface area contributed by atoms with Crippen LogP contribution < -0.4 is 10.5 Å². The highest BCUT2D eigenvalue weighted by molar-refractivity contribution is 7.89. The Morgan fingerprint density at radius 3 is 2.54 bits per heavy atom. The van der Waals surface area contributed by atoms with Crippen molar-refractivity contribution < 1.29 is 17.6 Å². The van der Waals surface area contributed by atoms with Gasteiger partial charge >= 0.3 is 0 Å². The number of furan rings is 1. The van der Waals surface area contributed by atoms with Crippen LogP contribution in [0.3, 0.4) is 0 Å². The van der Waals surface area contributed by atoms with E-state index in [0.717, 1.165) is 13.0 Å². The average molecular weight is 429 g/mol. The molecule has 0 aliphatic carbocycles. The zero-order chi connectivity index (χ0) is 20.9. The summed E-state index contributed by atoms with van der Waals surface area (Å²) in [5, 5.41) is 8.26. The molecule has 0 aliphatic rings. The van der Waals surface area contributed by atoms with E-state index in [1.807, 2.05) is 19.0 Å². The van der Waals surface area contributed by atoms with Gasteiger partial charge in [0.2, 0.25) is 10.0 Å². The second-order valence-electron chi connectivity index (χ2n) is 6.69. The van der Waals surface area contributed by atoms with Crippen LogP contribution >= 0.6 is 11.6 Å². The number of rotatable bonds is 9. The summed E-state index contributed by atoms with van der Waals surface area (Å²) in [4.78, 5) is 16.2. The Kier molecular flexibility index (Phi) is 7.48. The molecule has 154 valence electrons. The minimum absolute atomic E-state index is 0.0590. The molecule has 28 heavy (non-hydrogen) atoms. The van der Waals surface area contributed by atoms with E-state index in [1.54, 1.807) is 25.4 Å². The highest BCUT2D eigenvalue weighted by atomic mass is 35.5. The highest BCUT2D eigenvalue weighted by Crippen LogP contribution is 2.29. The molecular formula is C18H25ClN4O4S. The van der Waals surface area contributed by atoms with Gasteiger partial charge in [-0.1, -0.05) is 11.6 Å². The van der Waals surface area contributed by atoms with E-state index in [1.165, 1.54) is 17.0 Å². The molecule has 0 bridgehead atoms. The van der Waals surface area contributed by atoms with Gasteiger partial charge < -0.3 is 19.5 Å². The van der Waals surface area contributed by atoms with E-state index >= 15 is 0 Å². The van der Waals surface area contributed by atoms with E-state index in [2.05, 4.69) is 5.32 Å². The van der Waals surface area contributed by atoms with E-state index in [9.17, 15) is 13.2 Å². The Morgan fingerprint density at radius 1 is 1.25 bits per heavy atom. The summed E-state index contributed by atoms with van der Waals surface area (Å²) in [6.07, 6.45) is 2.32. The van der Waals surface area contributed by atoms with Crippen LogP contribution in [0.4, 0.5) is 5.69 Å². The number of amides is 1. The van der Waals surface area contributed by atoms with Crippen molar-refractivity contribution in [1.82, 2.24) is 9.80 Å². The quantitative estimate of drug-likeness (QED) is 0.633. The maximum atomic E-state index is 13.0. The lowest BCUT2D eigenvalue weighted by Gasteiger charge is -2.21. The van der Waals surface area contributed by atoms with E-state index in [0.29, 0.717) is 24.5 Å². The van der Waals surface area contributed by atoms with Crippen LogP contribution in [-0.2, 0) is 16.6 Å². The monoisotopic (exact) mass is 428 g/mol. The number of primary sulfonamides is 1. The van der Waals surface area contributed by atoms with Crippen LogP contribution in [-0.4, -0.2) is 58.4 Å². The van der Waals surface area contributed by atoms with Gasteiger partial charge in [0.25, 0.3) is 5.91 Å². The van der Waals surface area contributed by atoms with Crippen LogP contribution in [0.1, 0.15) is 22.5 Å². The molecule has 3 N–H and O–H groups in total. The summed E-state index contributed by atoms with van der Waals surface area (Å²) in [5.74, 6) is 0.326. The van der Waals surface area contributed by atoms with Gasteiger partial charge in [-0.25, -0.2) is 13.6 Å². The number of nitrogens with one attached hydrogen (secondary N) is 1. The van der Waals surface area contributed by atoms with Crippen molar-refractivity contribution in [2.45, 2.75) is 17.9 Å². The number of nitrogens with two attached hydrogens (primary N) is 1. The summed E-state index contributed by atoms with van der Waals surface area (Å²) in [7, 11) is 1.50. The summed E-state index contributed by atoms with van der Waals surface area (Å²) in [5.41, 5.74) is 0.575. The zero-order valence-electron chi connectivity index (χ0n) is 16.1. The highest BCUT2D eigenvalue weighted by Gasteiger charge is 2.22. The van der Waals surface area contributed by atoms with Crippen LogP contribution in [0.2, 0.25) is 5.02 Å². The number of hydrogen-bond donors (Lipinski definition) is 2. The molecule has 0 spiro atoms. The molecule has 0 aliphatic heterocycles. The lowest BCUT2D eigenvalue weighted by atomic mass is 10.1. The Morgan fingerprint density at radius 2 is 1.96 bits per heavy atom. The van der Waals surface area contributed by atoms with E-state index in [4.69, 9.17) is 21.2 Å². The van der Waals surface area contributed by atoms with Gasteiger partial charge in [0.15, 0.2) is 0 Å².